The highest BCUT2D eigenvalue weighted by atomic mass is 16.4. The lowest BCUT2D eigenvalue weighted by atomic mass is 10.2. The van der Waals surface area contributed by atoms with Gasteiger partial charge in [-0.15, -0.1) is 0 Å². The zero-order chi connectivity index (χ0) is 15.1. The number of carboxylic acid groups (broad SMARTS) is 1. The van der Waals surface area contributed by atoms with Crippen molar-refractivity contribution in [3.63, 3.8) is 0 Å². The van der Waals surface area contributed by atoms with Crippen LogP contribution in [-0.2, 0) is 24.3 Å². The van der Waals surface area contributed by atoms with E-state index in [4.69, 9.17) is 5.11 Å². The Labute approximate surface area is 121 Å². The van der Waals surface area contributed by atoms with E-state index in [1.54, 1.807) is 0 Å². The third kappa shape index (κ3) is 4.96. The average molecular weight is 281 g/mol. The SMILES string of the molecule is CCc1cc(CN(CCCC(=O)O)C(C)C)n(CC)n1. The third-order valence-electron chi connectivity index (χ3n) is 3.51. The van der Waals surface area contributed by atoms with E-state index in [0.29, 0.717) is 12.5 Å². The van der Waals surface area contributed by atoms with Crippen molar-refractivity contribution in [1.82, 2.24) is 14.7 Å². The van der Waals surface area contributed by atoms with Crippen molar-refractivity contribution in [2.24, 2.45) is 0 Å². The maximum absolute atomic E-state index is 10.6. The Bertz CT molecular complexity index is 427. The van der Waals surface area contributed by atoms with Crippen molar-refractivity contribution in [3.05, 3.63) is 17.5 Å². The zero-order valence-electron chi connectivity index (χ0n) is 13.1. The van der Waals surface area contributed by atoms with E-state index in [1.807, 2.05) is 4.68 Å². The van der Waals surface area contributed by atoms with Crippen LogP contribution >= 0.6 is 0 Å². The molecular formula is C15H27N3O2. The maximum Gasteiger partial charge on any atom is 0.303 e. The van der Waals surface area contributed by atoms with Crippen LogP contribution in [-0.4, -0.2) is 38.3 Å². The molecule has 20 heavy (non-hydrogen) atoms. The number of carboxylic acids is 1. The van der Waals surface area contributed by atoms with Crippen LogP contribution in [0.5, 0.6) is 0 Å². The predicted molar refractivity (Wildman–Crippen MR) is 79.7 cm³/mol. The highest BCUT2D eigenvalue weighted by Crippen LogP contribution is 2.12. The number of nitrogens with zero attached hydrogens (tertiary/aromatic N) is 3. The zero-order valence-corrected chi connectivity index (χ0v) is 13.1. The highest BCUT2D eigenvalue weighted by Gasteiger charge is 2.14. The second-order valence-electron chi connectivity index (χ2n) is 5.36. The quantitative estimate of drug-likeness (QED) is 0.755. The van der Waals surface area contributed by atoms with Crippen LogP contribution < -0.4 is 0 Å². The second kappa shape index (κ2) is 8.04. The van der Waals surface area contributed by atoms with Gasteiger partial charge in [-0.2, -0.15) is 5.10 Å². The van der Waals surface area contributed by atoms with Crippen LogP contribution in [0.25, 0.3) is 0 Å². The lowest BCUT2D eigenvalue weighted by Gasteiger charge is -2.26. The fourth-order valence-electron chi connectivity index (χ4n) is 2.25. The van der Waals surface area contributed by atoms with Gasteiger partial charge >= 0.3 is 5.97 Å². The van der Waals surface area contributed by atoms with E-state index < -0.39 is 5.97 Å². The summed E-state index contributed by atoms with van der Waals surface area (Å²) in [6.07, 6.45) is 1.87. The van der Waals surface area contributed by atoms with Crippen LogP contribution in [0.2, 0.25) is 0 Å². The van der Waals surface area contributed by atoms with Gasteiger partial charge in [-0.3, -0.25) is 14.4 Å². The van der Waals surface area contributed by atoms with Crippen LogP contribution in [0.4, 0.5) is 0 Å². The lowest BCUT2D eigenvalue weighted by molar-refractivity contribution is -0.137. The minimum atomic E-state index is -0.722. The summed E-state index contributed by atoms with van der Waals surface area (Å²) in [6.45, 7) is 11.0. The molecule has 0 aliphatic heterocycles. The molecule has 5 nitrogen and oxygen atoms in total. The fraction of sp³-hybridized carbons (Fsp3) is 0.733. The molecule has 5 heteroatoms. The molecule has 0 radical (unpaired) electrons. The maximum atomic E-state index is 10.6. The highest BCUT2D eigenvalue weighted by molar-refractivity contribution is 5.66. The largest absolute Gasteiger partial charge is 0.481 e. The molecule has 0 spiro atoms. The Morgan fingerprint density at radius 1 is 1.45 bits per heavy atom. The van der Waals surface area contributed by atoms with Crippen molar-refractivity contribution in [3.8, 4) is 0 Å². The minimum Gasteiger partial charge on any atom is -0.481 e. The van der Waals surface area contributed by atoms with Crippen LogP contribution in [0.1, 0.15) is 51.9 Å². The minimum absolute atomic E-state index is 0.233. The molecule has 0 atom stereocenters. The van der Waals surface area contributed by atoms with Gasteiger partial charge in [0.15, 0.2) is 0 Å². The smallest absolute Gasteiger partial charge is 0.303 e. The Morgan fingerprint density at radius 3 is 2.65 bits per heavy atom. The number of aromatic nitrogens is 2. The molecule has 0 saturated heterocycles. The van der Waals surface area contributed by atoms with Gasteiger partial charge in [0.1, 0.15) is 0 Å². The van der Waals surface area contributed by atoms with E-state index in [0.717, 1.165) is 31.7 Å². The number of aliphatic carboxylic acids is 1. The van der Waals surface area contributed by atoms with Gasteiger partial charge in [0, 0.05) is 25.6 Å². The second-order valence-corrected chi connectivity index (χ2v) is 5.36. The molecule has 0 amide bonds. The molecule has 0 bridgehead atoms. The predicted octanol–water partition coefficient (Wildman–Crippen LogP) is 2.54. The van der Waals surface area contributed by atoms with Gasteiger partial charge in [0.05, 0.1) is 11.4 Å². The summed E-state index contributed by atoms with van der Waals surface area (Å²) in [7, 11) is 0. The Hall–Kier alpha value is -1.36. The van der Waals surface area contributed by atoms with Crippen molar-refractivity contribution in [1.29, 1.82) is 0 Å². The Morgan fingerprint density at radius 2 is 2.15 bits per heavy atom. The lowest BCUT2D eigenvalue weighted by Crippen LogP contribution is -2.32. The van der Waals surface area contributed by atoms with E-state index >= 15 is 0 Å². The first kappa shape index (κ1) is 16.7. The summed E-state index contributed by atoms with van der Waals surface area (Å²) >= 11 is 0. The van der Waals surface area contributed by atoms with Gasteiger partial charge < -0.3 is 5.11 Å². The van der Waals surface area contributed by atoms with Gasteiger partial charge in [-0.1, -0.05) is 6.92 Å². The van der Waals surface area contributed by atoms with Gasteiger partial charge in [-0.05, 0) is 46.2 Å². The molecule has 0 saturated carbocycles. The molecule has 0 unspecified atom stereocenters. The topological polar surface area (TPSA) is 58.4 Å². The monoisotopic (exact) mass is 281 g/mol. The average Bonchev–Trinajstić information content (AvgIpc) is 2.79. The number of carbonyl (C=O) groups is 1. The number of rotatable bonds is 9. The summed E-state index contributed by atoms with van der Waals surface area (Å²) < 4.78 is 2.05. The molecule has 1 aromatic rings. The van der Waals surface area contributed by atoms with Crippen molar-refractivity contribution in [2.75, 3.05) is 6.54 Å². The Balaban J connectivity index is 2.69. The molecule has 0 fully saturated rings. The van der Waals surface area contributed by atoms with Crippen LogP contribution in [0.3, 0.4) is 0 Å². The number of hydrogen-bond acceptors (Lipinski definition) is 3. The summed E-state index contributed by atoms with van der Waals surface area (Å²) in [5.41, 5.74) is 2.34. The van der Waals surface area contributed by atoms with E-state index in [2.05, 4.69) is 43.8 Å². The molecule has 1 N–H and O–H groups in total. The van der Waals surface area contributed by atoms with Gasteiger partial charge in [0.2, 0.25) is 0 Å². The molecule has 114 valence electrons. The molecule has 0 aliphatic rings. The third-order valence-corrected chi connectivity index (χ3v) is 3.51. The molecule has 0 aliphatic carbocycles. The fourth-order valence-corrected chi connectivity index (χ4v) is 2.25. The first-order valence-corrected chi connectivity index (χ1v) is 7.49. The van der Waals surface area contributed by atoms with Crippen molar-refractivity contribution in [2.45, 2.75) is 66.1 Å². The number of aryl methyl sites for hydroxylation is 2. The van der Waals surface area contributed by atoms with Crippen LogP contribution in [0.15, 0.2) is 6.07 Å². The van der Waals surface area contributed by atoms with E-state index in [9.17, 15) is 4.79 Å². The van der Waals surface area contributed by atoms with Gasteiger partial charge in [0.25, 0.3) is 0 Å². The summed E-state index contributed by atoms with van der Waals surface area (Å²) in [4.78, 5) is 12.9. The number of hydrogen-bond donors (Lipinski definition) is 1. The summed E-state index contributed by atoms with van der Waals surface area (Å²) in [6, 6.07) is 2.56. The Kier molecular flexibility index (Phi) is 6.71. The summed E-state index contributed by atoms with van der Waals surface area (Å²) in [5.74, 6) is -0.722. The standard InChI is InChI=1S/C15H27N3O2/c1-5-13-10-14(18(6-2)16-13)11-17(12(3)4)9-7-8-15(19)20/h10,12H,5-9,11H2,1-4H3,(H,19,20). The molecule has 1 aromatic heterocycles. The normalized spacial score (nSPS) is 11.5. The molecular weight excluding hydrogens is 254 g/mol. The van der Waals surface area contributed by atoms with Crippen molar-refractivity contribution >= 4 is 5.97 Å². The van der Waals surface area contributed by atoms with Crippen LogP contribution in [0, 0.1) is 0 Å². The first-order chi connectivity index (χ1) is 9.47. The van der Waals surface area contributed by atoms with Crippen molar-refractivity contribution < 1.29 is 9.90 Å². The molecule has 1 rings (SSSR count). The first-order valence-electron chi connectivity index (χ1n) is 7.49. The van der Waals surface area contributed by atoms with E-state index in [1.165, 1.54) is 5.69 Å². The molecule has 0 aromatic carbocycles. The summed E-state index contributed by atoms with van der Waals surface area (Å²) in [5, 5.41) is 13.3. The van der Waals surface area contributed by atoms with E-state index in [-0.39, 0.29) is 6.42 Å². The van der Waals surface area contributed by atoms with Gasteiger partial charge in [-0.25, -0.2) is 0 Å². The molecule has 1 heterocycles.